The van der Waals surface area contributed by atoms with Gasteiger partial charge in [-0.15, -0.1) is 0 Å². The second-order valence-electron chi connectivity index (χ2n) is 5.05. The van der Waals surface area contributed by atoms with Gasteiger partial charge in [0.1, 0.15) is 0 Å². The molecule has 0 saturated carbocycles. The van der Waals surface area contributed by atoms with Gasteiger partial charge in [0.2, 0.25) is 0 Å². The van der Waals surface area contributed by atoms with Crippen LogP contribution >= 0.6 is 11.8 Å². The maximum atomic E-state index is 12.5. The first-order valence-electron chi connectivity index (χ1n) is 7.10. The van der Waals surface area contributed by atoms with Gasteiger partial charge in [-0.25, -0.2) is 9.97 Å². The number of carbonyl (C=O) groups excluding carboxylic acids is 1. The van der Waals surface area contributed by atoms with Gasteiger partial charge in [0, 0.05) is 17.0 Å². The molecule has 1 aromatic carbocycles. The molecule has 0 N–H and O–H groups in total. The molecule has 110 valence electrons. The zero-order valence-corrected chi connectivity index (χ0v) is 13.7. The molecule has 2 aromatic rings. The fourth-order valence-electron chi connectivity index (χ4n) is 2.03. The molecule has 1 unspecified atom stereocenters. The molecule has 4 heteroatoms. The van der Waals surface area contributed by atoms with E-state index in [4.69, 9.17) is 0 Å². The van der Waals surface area contributed by atoms with E-state index in [0.717, 1.165) is 28.9 Å². The van der Waals surface area contributed by atoms with Gasteiger partial charge in [0.05, 0.1) is 5.25 Å². The van der Waals surface area contributed by atoms with Crippen LogP contribution in [0.25, 0.3) is 0 Å². The van der Waals surface area contributed by atoms with Crippen LogP contribution in [0.4, 0.5) is 0 Å². The molecule has 0 aliphatic heterocycles. The molecule has 1 aromatic heterocycles. The van der Waals surface area contributed by atoms with Crippen molar-refractivity contribution in [3.63, 3.8) is 0 Å². The normalized spacial score (nSPS) is 12.2. The van der Waals surface area contributed by atoms with E-state index < -0.39 is 0 Å². The van der Waals surface area contributed by atoms with Crippen molar-refractivity contribution < 1.29 is 4.79 Å². The van der Waals surface area contributed by atoms with Crippen molar-refractivity contribution in [1.82, 2.24) is 9.97 Å². The third kappa shape index (κ3) is 3.70. The molecule has 1 atom stereocenters. The summed E-state index contributed by atoms with van der Waals surface area (Å²) >= 11 is 1.46. The summed E-state index contributed by atoms with van der Waals surface area (Å²) in [5, 5.41) is 0.542. The lowest BCUT2D eigenvalue weighted by Crippen LogP contribution is -2.17. The molecule has 0 bridgehead atoms. The largest absolute Gasteiger partial charge is 0.293 e. The van der Waals surface area contributed by atoms with Crippen molar-refractivity contribution >= 4 is 17.5 Å². The molecule has 2 rings (SSSR count). The first-order valence-corrected chi connectivity index (χ1v) is 7.98. The van der Waals surface area contributed by atoms with E-state index in [9.17, 15) is 4.79 Å². The minimum absolute atomic E-state index is 0.141. The van der Waals surface area contributed by atoms with Crippen LogP contribution in [0.5, 0.6) is 0 Å². The van der Waals surface area contributed by atoms with Crippen LogP contribution in [0.3, 0.4) is 0 Å². The lowest BCUT2D eigenvalue weighted by Gasteiger charge is -2.14. The van der Waals surface area contributed by atoms with E-state index in [1.807, 2.05) is 58.0 Å². The number of aryl methyl sites for hydroxylation is 2. The zero-order valence-electron chi connectivity index (χ0n) is 12.9. The average Bonchev–Trinajstić information content (AvgIpc) is 2.50. The van der Waals surface area contributed by atoms with Crippen molar-refractivity contribution in [2.45, 2.75) is 44.5 Å². The molecule has 0 fully saturated rings. The Bertz CT molecular complexity index is 617. The second kappa shape index (κ2) is 6.85. The Morgan fingerprint density at radius 3 is 2.19 bits per heavy atom. The van der Waals surface area contributed by atoms with Crippen molar-refractivity contribution in [2.75, 3.05) is 0 Å². The minimum atomic E-state index is -0.145. The van der Waals surface area contributed by atoms with E-state index in [0.29, 0.717) is 5.16 Å². The molecular formula is C17H20N2OS. The summed E-state index contributed by atoms with van der Waals surface area (Å²) < 4.78 is 0. The summed E-state index contributed by atoms with van der Waals surface area (Å²) in [6, 6.07) is 9.42. The fourth-order valence-corrected chi connectivity index (χ4v) is 3.08. The molecule has 3 nitrogen and oxygen atoms in total. The van der Waals surface area contributed by atoms with Crippen LogP contribution in [0.15, 0.2) is 35.5 Å². The molecule has 0 amide bonds. The Morgan fingerprint density at radius 1 is 1.10 bits per heavy atom. The van der Waals surface area contributed by atoms with Gasteiger partial charge in [0.25, 0.3) is 0 Å². The standard InChI is InChI=1S/C17H20N2OS/c1-5-15(16(20)14-9-7-6-8-10-14)21-17-18-12(3)11(2)13(4)19-17/h6-10,15H,5H2,1-4H3. The molecule has 1 heterocycles. The molecule has 0 aliphatic carbocycles. The van der Waals surface area contributed by atoms with Gasteiger partial charge < -0.3 is 0 Å². The fraction of sp³-hybridized carbons (Fsp3) is 0.353. The maximum absolute atomic E-state index is 12.5. The van der Waals surface area contributed by atoms with Gasteiger partial charge in [0.15, 0.2) is 10.9 Å². The smallest absolute Gasteiger partial charge is 0.188 e. The highest BCUT2D eigenvalue weighted by Gasteiger charge is 2.21. The van der Waals surface area contributed by atoms with E-state index in [1.54, 1.807) is 0 Å². The van der Waals surface area contributed by atoms with E-state index in [1.165, 1.54) is 11.8 Å². The number of aromatic nitrogens is 2. The first kappa shape index (κ1) is 15.7. The Morgan fingerprint density at radius 2 is 1.67 bits per heavy atom. The van der Waals surface area contributed by atoms with Crippen molar-refractivity contribution in [3.05, 3.63) is 52.8 Å². The number of hydrogen-bond acceptors (Lipinski definition) is 4. The summed E-state index contributed by atoms with van der Waals surface area (Å²) in [5.41, 5.74) is 3.82. The molecule has 21 heavy (non-hydrogen) atoms. The number of thioether (sulfide) groups is 1. The number of nitrogens with zero attached hydrogens (tertiary/aromatic N) is 2. The van der Waals surface area contributed by atoms with Gasteiger partial charge in [-0.05, 0) is 32.8 Å². The van der Waals surface area contributed by atoms with Crippen molar-refractivity contribution in [3.8, 4) is 0 Å². The number of hydrogen-bond donors (Lipinski definition) is 0. The monoisotopic (exact) mass is 300 g/mol. The highest BCUT2D eigenvalue weighted by molar-refractivity contribution is 8.00. The topological polar surface area (TPSA) is 42.9 Å². The molecule has 0 aliphatic rings. The number of ketones is 1. The highest BCUT2D eigenvalue weighted by atomic mass is 32.2. The Hall–Kier alpha value is -1.68. The van der Waals surface area contributed by atoms with Crippen LogP contribution in [-0.4, -0.2) is 21.0 Å². The quantitative estimate of drug-likeness (QED) is 0.472. The summed E-state index contributed by atoms with van der Waals surface area (Å²) in [6.07, 6.45) is 0.758. The van der Waals surface area contributed by atoms with Gasteiger partial charge >= 0.3 is 0 Å². The predicted molar refractivity (Wildman–Crippen MR) is 87.0 cm³/mol. The molecule has 0 spiro atoms. The van der Waals surface area contributed by atoms with E-state index >= 15 is 0 Å². The van der Waals surface area contributed by atoms with Crippen LogP contribution in [0.1, 0.15) is 40.7 Å². The summed E-state index contributed by atoms with van der Waals surface area (Å²) in [6.45, 7) is 8.00. The van der Waals surface area contributed by atoms with Crippen LogP contribution < -0.4 is 0 Å². The number of carbonyl (C=O) groups is 1. The predicted octanol–water partition coefficient (Wildman–Crippen LogP) is 4.16. The van der Waals surface area contributed by atoms with E-state index in [2.05, 4.69) is 9.97 Å². The number of Topliss-reactive ketones (excluding diaryl/α,β-unsaturated/α-hetero) is 1. The maximum Gasteiger partial charge on any atom is 0.188 e. The second-order valence-corrected chi connectivity index (χ2v) is 6.22. The SMILES string of the molecule is CCC(Sc1nc(C)c(C)c(C)n1)C(=O)c1ccccc1. The Kier molecular flexibility index (Phi) is 5.12. The Labute approximate surface area is 130 Å². The molecule has 0 radical (unpaired) electrons. The third-order valence-electron chi connectivity index (χ3n) is 3.58. The zero-order chi connectivity index (χ0) is 15.4. The van der Waals surface area contributed by atoms with E-state index in [-0.39, 0.29) is 11.0 Å². The summed E-state index contributed by atoms with van der Waals surface area (Å²) in [7, 11) is 0. The first-order chi connectivity index (χ1) is 10.0. The number of rotatable bonds is 5. The lowest BCUT2D eigenvalue weighted by molar-refractivity contribution is 0.0988. The van der Waals surface area contributed by atoms with Crippen LogP contribution in [-0.2, 0) is 0 Å². The highest BCUT2D eigenvalue weighted by Crippen LogP contribution is 2.26. The molecular weight excluding hydrogens is 280 g/mol. The van der Waals surface area contributed by atoms with Gasteiger partial charge in [-0.2, -0.15) is 0 Å². The van der Waals surface area contributed by atoms with Crippen LogP contribution in [0, 0.1) is 20.8 Å². The van der Waals surface area contributed by atoms with Crippen molar-refractivity contribution in [1.29, 1.82) is 0 Å². The minimum Gasteiger partial charge on any atom is -0.293 e. The van der Waals surface area contributed by atoms with Gasteiger partial charge in [-0.3, -0.25) is 4.79 Å². The Balaban J connectivity index is 2.22. The lowest BCUT2D eigenvalue weighted by atomic mass is 10.1. The average molecular weight is 300 g/mol. The number of benzene rings is 1. The van der Waals surface area contributed by atoms with Gasteiger partial charge in [-0.1, -0.05) is 49.0 Å². The third-order valence-corrected chi connectivity index (χ3v) is 4.81. The van der Waals surface area contributed by atoms with Crippen molar-refractivity contribution in [2.24, 2.45) is 0 Å². The molecule has 0 saturated heterocycles. The summed E-state index contributed by atoms with van der Waals surface area (Å²) in [5.74, 6) is 0.141. The van der Waals surface area contributed by atoms with Crippen LogP contribution in [0.2, 0.25) is 0 Å². The summed E-state index contributed by atoms with van der Waals surface area (Å²) in [4.78, 5) is 21.5.